The number of hydrogen-bond donors (Lipinski definition) is 3. The van der Waals surface area contributed by atoms with Gasteiger partial charge >= 0.3 is 6.03 Å². The average Bonchev–Trinajstić information content (AvgIpc) is 2.44. The second-order valence-electron chi connectivity index (χ2n) is 4.45. The molecule has 2 rings (SSSR count). The summed E-state index contributed by atoms with van der Waals surface area (Å²) in [7, 11) is 0. The molecule has 4 N–H and O–H groups in total. The largest absolute Gasteiger partial charge is 0.351 e. The molecule has 0 aliphatic rings. The van der Waals surface area contributed by atoms with E-state index >= 15 is 0 Å². The fraction of sp³-hybridized carbons (Fsp3) is 0.214. The Morgan fingerprint density at radius 2 is 2.05 bits per heavy atom. The maximum Gasteiger partial charge on any atom is 0.318 e. The van der Waals surface area contributed by atoms with E-state index < -0.39 is 18.0 Å². The standard InChI is InChI=1S/C14H16N4O2/c1-9(13(19)18-14(15)20)17-8-11-5-2-4-10-6-3-7-16-12(10)11/h2-7,9,17H,8H2,1H3,(H3,15,18,19,20). The number of aromatic nitrogens is 1. The third kappa shape index (κ3) is 3.30. The van der Waals surface area contributed by atoms with Crippen LogP contribution in [-0.4, -0.2) is 23.0 Å². The maximum absolute atomic E-state index is 11.5. The quantitative estimate of drug-likeness (QED) is 0.770. The summed E-state index contributed by atoms with van der Waals surface area (Å²) in [5.41, 5.74) is 6.79. The molecule has 0 aliphatic carbocycles. The number of hydrogen-bond acceptors (Lipinski definition) is 4. The first-order chi connectivity index (χ1) is 9.58. The monoisotopic (exact) mass is 272 g/mol. The average molecular weight is 272 g/mol. The van der Waals surface area contributed by atoms with Gasteiger partial charge in [0.1, 0.15) is 0 Å². The van der Waals surface area contributed by atoms with Crippen LogP contribution in [0.3, 0.4) is 0 Å². The number of benzene rings is 1. The van der Waals surface area contributed by atoms with Crippen molar-refractivity contribution in [2.45, 2.75) is 19.5 Å². The Kier molecular flexibility index (Phi) is 4.27. The lowest BCUT2D eigenvalue weighted by Crippen LogP contribution is -2.46. The van der Waals surface area contributed by atoms with Gasteiger partial charge in [0, 0.05) is 18.1 Å². The summed E-state index contributed by atoms with van der Waals surface area (Å²) in [5.74, 6) is -0.453. The second kappa shape index (κ2) is 6.12. The van der Waals surface area contributed by atoms with Gasteiger partial charge in [-0.15, -0.1) is 0 Å². The van der Waals surface area contributed by atoms with Crippen molar-refractivity contribution in [3.05, 3.63) is 42.1 Å². The Morgan fingerprint density at radius 3 is 2.80 bits per heavy atom. The smallest absolute Gasteiger partial charge is 0.318 e. The van der Waals surface area contributed by atoms with E-state index in [4.69, 9.17) is 5.73 Å². The molecule has 0 saturated carbocycles. The van der Waals surface area contributed by atoms with Gasteiger partial charge in [-0.25, -0.2) is 4.79 Å². The van der Waals surface area contributed by atoms with E-state index in [1.165, 1.54) is 0 Å². The number of carbonyl (C=O) groups is 2. The van der Waals surface area contributed by atoms with Crippen LogP contribution in [0.25, 0.3) is 10.9 Å². The molecule has 0 radical (unpaired) electrons. The summed E-state index contributed by atoms with van der Waals surface area (Å²) in [6, 6.07) is 8.35. The number of nitrogens with zero attached hydrogens (tertiary/aromatic N) is 1. The number of primary amides is 1. The summed E-state index contributed by atoms with van der Waals surface area (Å²) in [6.07, 6.45) is 1.73. The predicted molar refractivity (Wildman–Crippen MR) is 75.8 cm³/mol. The summed E-state index contributed by atoms with van der Waals surface area (Å²) >= 11 is 0. The number of pyridine rings is 1. The molecule has 6 nitrogen and oxygen atoms in total. The molecule has 6 heteroatoms. The number of fused-ring (bicyclic) bond motifs is 1. The summed E-state index contributed by atoms with van der Waals surface area (Å²) in [4.78, 5) is 26.5. The van der Waals surface area contributed by atoms with Crippen LogP contribution in [-0.2, 0) is 11.3 Å². The molecule has 0 saturated heterocycles. The van der Waals surface area contributed by atoms with Gasteiger partial charge in [-0.05, 0) is 18.6 Å². The molecule has 1 aromatic heterocycles. The Hall–Kier alpha value is -2.47. The fourth-order valence-electron chi connectivity index (χ4n) is 1.90. The van der Waals surface area contributed by atoms with E-state index in [2.05, 4.69) is 10.3 Å². The van der Waals surface area contributed by atoms with Gasteiger partial charge in [0.2, 0.25) is 5.91 Å². The molecule has 1 unspecified atom stereocenters. The van der Waals surface area contributed by atoms with Crippen molar-refractivity contribution in [3.63, 3.8) is 0 Å². The lowest BCUT2D eigenvalue weighted by Gasteiger charge is -2.13. The van der Waals surface area contributed by atoms with E-state index in [1.807, 2.05) is 35.6 Å². The molecule has 1 heterocycles. The fourth-order valence-corrected chi connectivity index (χ4v) is 1.90. The summed E-state index contributed by atoms with van der Waals surface area (Å²) in [5, 5.41) is 6.12. The van der Waals surface area contributed by atoms with Crippen LogP contribution in [0.1, 0.15) is 12.5 Å². The van der Waals surface area contributed by atoms with Crippen LogP contribution in [0.15, 0.2) is 36.5 Å². The maximum atomic E-state index is 11.5. The SMILES string of the molecule is CC(NCc1cccc2cccnc12)C(=O)NC(N)=O. The number of rotatable bonds is 4. The highest BCUT2D eigenvalue weighted by Crippen LogP contribution is 2.15. The van der Waals surface area contributed by atoms with Crippen molar-refractivity contribution in [3.8, 4) is 0 Å². The third-order valence-electron chi connectivity index (χ3n) is 2.95. The second-order valence-corrected chi connectivity index (χ2v) is 4.45. The van der Waals surface area contributed by atoms with Crippen molar-refractivity contribution in [2.24, 2.45) is 5.73 Å². The van der Waals surface area contributed by atoms with Crippen molar-refractivity contribution >= 4 is 22.8 Å². The molecule has 2 aromatic rings. The van der Waals surface area contributed by atoms with Crippen LogP contribution in [0.2, 0.25) is 0 Å². The predicted octanol–water partition coefficient (Wildman–Crippen LogP) is 0.908. The Morgan fingerprint density at radius 1 is 1.30 bits per heavy atom. The summed E-state index contributed by atoms with van der Waals surface area (Å²) < 4.78 is 0. The van der Waals surface area contributed by atoms with Gasteiger partial charge in [0.15, 0.2) is 0 Å². The number of para-hydroxylation sites is 1. The zero-order valence-corrected chi connectivity index (χ0v) is 11.1. The number of urea groups is 1. The van der Waals surface area contributed by atoms with E-state index in [-0.39, 0.29) is 0 Å². The highest BCUT2D eigenvalue weighted by Gasteiger charge is 2.14. The molecule has 0 aliphatic heterocycles. The van der Waals surface area contributed by atoms with Crippen LogP contribution >= 0.6 is 0 Å². The van der Waals surface area contributed by atoms with Crippen molar-refractivity contribution < 1.29 is 9.59 Å². The van der Waals surface area contributed by atoms with E-state index in [9.17, 15) is 9.59 Å². The minimum atomic E-state index is -0.851. The zero-order chi connectivity index (χ0) is 14.5. The number of nitrogens with two attached hydrogens (primary N) is 1. The molecule has 3 amide bonds. The van der Waals surface area contributed by atoms with Gasteiger partial charge in [-0.2, -0.15) is 0 Å². The normalized spacial score (nSPS) is 12.1. The van der Waals surface area contributed by atoms with Gasteiger partial charge in [0.05, 0.1) is 11.6 Å². The molecule has 20 heavy (non-hydrogen) atoms. The molecule has 1 atom stereocenters. The highest BCUT2D eigenvalue weighted by molar-refractivity contribution is 5.96. The lowest BCUT2D eigenvalue weighted by atomic mass is 10.1. The minimum Gasteiger partial charge on any atom is -0.351 e. The Labute approximate surface area is 116 Å². The van der Waals surface area contributed by atoms with Gasteiger partial charge < -0.3 is 11.1 Å². The highest BCUT2D eigenvalue weighted by atomic mass is 16.2. The molecule has 1 aromatic carbocycles. The summed E-state index contributed by atoms with van der Waals surface area (Å²) in [6.45, 7) is 2.14. The van der Waals surface area contributed by atoms with Gasteiger partial charge in [-0.3, -0.25) is 15.1 Å². The van der Waals surface area contributed by atoms with E-state index in [0.29, 0.717) is 6.54 Å². The van der Waals surface area contributed by atoms with Crippen LogP contribution in [0, 0.1) is 0 Å². The molecule has 0 bridgehead atoms. The minimum absolute atomic E-state index is 0.453. The first-order valence-electron chi connectivity index (χ1n) is 6.24. The van der Waals surface area contributed by atoms with E-state index in [1.54, 1.807) is 13.1 Å². The van der Waals surface area contributed by atoms with Crippen molar-refractivity contribution in [2.75, 3.05) is 0 Å². The Bertz CT molecular complexity index is 637. The molecule has 0 fully saturated rings. The Balaban J connectivity index is 2.06. The van der Waals surface area contributed by atoms with Gasteiger partial charge in [0.25, 0.3) is 0 Å². The molecule has 104 valence electrons. The number of carbonyl (C=O) groups excluding carboxylic acids is 2. The number of imide groups is 1. The van der Waals surface area contributed by atoms with Crippen molar-refractivity contribution in [1.82, 2.24) is 15.6 Å². The molecular weight excluding hydrogens is 256 g/mol. The van der Waals surface area contributed by atoms with E-state index in [0.717, 1.165) is 16.5 Å². The van der Waals surface area contributed by atoms with Crippen LogP contribution in [0.5, 0.6) is 0 Å². The van der Waals surface area contributed by atoms with Gasteiger partial charge in [-0.1, -0.05) is 24.3 Å². The van der Waals surface area contributed by atoms with Crippen LogP contribution in [0.4, 0.5) is 4.79 Å². The van der Waals surface area contributed by atoms with Crippen molar-refractivity contribution in [1.29, 1.82) is 0 Å². The first kappa shape index (κ1) is 14.0. The van der Waals surface area contributed by atoms with Crippen LogP contribution < -0.4 is 16.4 Å². The zero-order valence-electron chi connectivity index (χ0n) is 11.1. The topological polar surface area (TPSA) is 97.1 Å². The lowest BCUT2D eigenvalue weighted by molar-refractivity contribution is -0.121. The first-order valence-corrected chi connectivity index (χ1v) is 6.24. The third-order valence-corrected chi connectivity index (χ3v) is 2.95. The molecular formula is C14H16N4O2. The number of nitrogens with one attached hydrogen (secondary N) is 2. The number of amides is 3. The molecule has 0 spiro atoms.